The van der Waals surface area contributed by atoms with Crippen LogP contribution in [0.1, 0.15) is 39.5 Å². The van der Waals surface area contributed by atoms with Crippen LogP contribution in [0.15, 0.2) is 18.2 Å². The van der Waals surface area contributed by atoms with Crippen LogP contribution in [0.4, 0.5) is 19.7 Å². The number of hydrogen-bond acceptors (Lipinski definition) is 9. The van der Waals surface area contributed by atoms with E-state index in [1.807, 2.05) is 6.92 Å². The average molecular weight is 600 g/mol. The van der Waals surface area contributed by atoms with Crippen molar-refractivity contribution in [3.63, 3.8) is 0 Å². The molecule has 3 fully saturated rings. The number of piperazine rings is 1. The number of nitrogen functional groups attached to an aromatic ring is 1. The normalized spacial score (nSPS) is 23.6. The predicted octanol–water partition coefficient (Wildman–Crippen LogP) is 5.61. The number of likely N-dealkylation sites (tertiary alicyclic amines) is 1. The van der Waals surface area contributed by atoms with Crippen molar-refractivity contribution in [2.75, 3.05) is 36.8 Å². The van der Waals surface area contributed by atoms with Crippen LogP contribution in [0.25, 0.3) is 32.2 Å². The van der Waals surface area contributed by atoms with Crippen LogP contribution in [0, 0.1) is 11.6 Å². The number of thiazole rings is 1. The van der Waals surface area contributed by atoms with Crippen LogP contribution in [-0.2, 0) is 0 Å². The van der Waals surface area contributed by atoms with Crippen LogP contribution in [0.2, 0.25) is 5.02 Å². The molecule has 3 saturated heterocycles. The molecule has 2 bridgehead atoms. The zero-order valence-electron chi connectivity index (χ0n) is 23.0. The molecule has 216 valence electrons. The summed E-state index contributed by atoms with van der Waals surface area (Å²) in [6.07, 6.45) is 4.34. The Bertz CT molecular complexity index is 1640. The number of hydrogen-bond donors (Lipinski definition) is 2. The molecule has 2 aromatic heterocycles. The van der Waals surface area contributed by atoms with Crippen molar-refractivity contribution in [2.45, 2.75) is 63.8 Å². The fourth-order valence-electron chi connectivity index (χ4n) is 6.68. The van der Waals surface area contributed by atoms with Crippen LogP contribution in [0.5, 0.6) is 6.01 Å². The Hall–Kier alpha value is -2.86. The molecule has 12 heteroatoms. The van der Waals surface area contributed by atoms with E-state index in [1.165, 1.54) is 25.0 Å². The minimum atomic E-state index is -0.626. The van der Waals surface area contributed by atoms with E-state index in [-0.39, 0.29) is 43.6 Å². The summed E-state index contributed by atoms with van der Waals surface area (Å²) in [6, 6.07) is 5.80. The van der Waals surface area contributed by atoms with Crippen molar-refractivity contribution in [3.05, 3.63) is 34.9 Å². The van der Waals surface area contributed by atoms with E-state index in [0.29, 0.717) is 34.9 Å². The fourth-order valence-corrected chi connectivity index (χ4v) is 7.73. The van der Waals surface area contributed by atoms with E-state index in [2.05, 4.69) is 32.0 Å². The van der Waals surface area contributed by atoms with Crippen LogP contribution >= 0.6 is 22.9 Å². The molecule has 3 aliphatic heterocycles. The Morgan fingerprint density at radius 1 is 1.15 bits per heavy atom. The molecule has 3 aliphatic rings. The van der Waals surface area contributed by atoms with E-state index >= 15 is 4.39 Å². The molecule has 4 atom stereocenters. The van der Waals surface area contributed by atoms with E-state index < -0.39 is 11.6 Å². The van der Waals surface area contributed by atoms with Crippen molar-refractivity contribution in [2.24, 2.45) is 0 Å². The van der Waals surface area contributed by atoms with Crippen molar-refractivity contribution in [3.8, 4) is 17.1 Å². The second-order valence-electron chi connectivity index (χ2n) is 11.6. The van der Waals surface area contributed by atoms with Gasteiger partial charge in [0.15, 0.2) is 10.9 Å². The lowest BCUT2D eigenvalue weighted by atomic mass is 10.0. The van der Waals surface area contributed by atoms with Crippen molar-refractivity contribution in [1.82, 2.24) is 25.2 Å². The Morgan fingerprint density at radius 3 is 2.66 bits per heavy atom. The highest BCUT2D eigenvalue weighted by atomic mass is 35.5. The highest BCUT2D eigenvalue weighted by Gasteiger charge is 2.35. The van der Waals surface area contributed by atoms with Crippen molar-refractivity contribution in [1.29, 1.82) is 0 Å². The summed E-state index contributed by atoms with van der Waals surface area (Å²) >= 11 is 7.81. The lowest BCUT2D eigenvalue weighted by Gasteiger charge is -2.34. The first-order valence-corrected chi connectivity index (χ1v) is 15.4. The maximum Gasteiger partial charge on any atom is 0.319 e. The van der Waals surface area contributed by atoms with Gasteiger partial charge in [-0.25, -0.2) is 13.8 Å². The van der Waals surface area contributed by atoms with Gasteiger partial charge in [-0.2, -0.15) is 9.97 Å². The Morgan fingerprint density at radius 2 is 1.93 bits per heavy atom. The SMILES string of the molecule is CC1CCCN1C[C@H](C)Oc1nc(N2CC3CCC(C2)N3)c2cc(Cl)c(-c3ccc(F)c4sc(N)nc34)c(F)c2n1. The largest absolute Gasteiger partial charge is 0.459 e. The molecule has 3 unspecified atom stereocenters. The zero-order valence-corrected chi connectivity index (χ0v) is 24.5. The number of ether oxygens (including phenoxy) is 1. The second kappa shape index (κ2) is 10.4. The van der Waals surface area contributed by atoms with Gasteiger partial charge in [-0.1, -0.05) is 22.9 Å². The van der Waals surface area contributed by atoms with Gasteiger partial charge in [0.2, 0.25) is 0 Å². The highest BCUT2D eigenvalue weighted by Crippen LogP contribution is 2.43. The number of nitrogens with two attached hydrogens (primary N) is 1. The summed E-state index contributed by atoms with van der Waals surface area (Å²) in [6.45, 7) is 7.50. The lowest BCUT2D eigenvalue weighted by Crippen LogP contribution is -2.51. The summed E-state index contributed by atoms with van der Waals surface area (Å²) in [5, 5.41) is 4.52. The molecule has 2 aromatic carbocycles. The van der Waals surface area contributed by atoms with Gasteiger partial charge in [-0.3, -0.25) is 4.90 Å². The predicted molar refractivity (Wildman–Crippen MR) is 160 cm³/mol. The van der Waals surface area contributed by atoms with Crippen LogP contribution in [-0.4, -0.2) is 70.3 Å². The molecule has 7 rings (SSSR count). The molecule has 41 heavy (non-hydrogen) atoms. The number of halogens is 3. The Balaban J connectivity index is 1.35. The first kappa shape index (κ1) is 27.0. The number of aromatic nitrogens is 3. The molecular weight excluding hydrogens is 568 g/mol. The van der Waals surface area contributed by atoms with Crippen LogP contribution in [0.3, 0.4) is 0 Å². The first-order chi connectivity index (χ1) is 19.7. The highest BCUT2D eigenvalue weighted by molar-refractivity contribution is 7.22. The number of rotatable bonds is 6. The number of benzene rings is 2. The molecule has 3 N–H and O–H groups in total. The minimum Gasteiger partial charge on any atom is -0.459 e. The summed E-state index contributed by atoms with van der Waals surface area (Å²) < 4.78 is 37.7. The molecule has 8 nitrogen and oxygen atoms in total. The molecule has 0 aliphatic carbocycles. The summed E-state index contributed by atoms with van der Waals surface area (Å²) in [5.41, 5.74) is 6.74. The maximum atomic E-state index is 16.6. The molecule has 0 spiro atoms. The van der Waals surface area contributed by atoms with Gasteiger partial charge in [-0.05, 0) is 64.3 Å². The number of anilines is 2. The molecular formula is C29H32ClF2N7OS. The monoisotopic (exact) mass is 599 g/mol. The third-order valence-electron chi connectivity index (χ3n) is 8.63. The minimum absolute atomic E-state index is 0.101. The quantitative estimate of drug-likeness (QED) is 0.295. The summed E-state index contributed by atoms with van der Waals surface area (Å²) in [7, 11) is 0. The summed E-state index contributed by atoms with van der Waals surface area (Å²) in [4.78, 5) is 18.3. The van der Waals surface area contributed by atoms with Crippen molar-refractivity contribution < 1.29 is 13.5 Å². The van der Waals surface area contributed by atoms with Gasteiger partial charge < -0.3 is 20.7 Å². The van der Waals surface area contributed by atoms with Gasteiger partial charge in [0, 0.05) is 54.3 Å². The van der Waals surface area contributed by atoms with Gasteiger partial charge in [0.05, 0.1) is 15.2 Å². The smallest absolute Gasteiger partial charge is 0.319 e. The molecule has 0 saturated carbocycles. The Kier molecular flexibility index (Phi) is 6.88. The molecule has 5 heterocycles. The standard InChI is InChI=1S/C29H32ClF2N7OS/c1-14-4-3-9-38(14)11-15(2)40-29-36-24-19(27(37-29)39-12-16-5-6-17(13-39)34-16)10-20(30)22(23(24)32)18-7-8-21(31)26-25(18)35-28(33)41-26/h7-8,10,14-17,34H,3-6,9,11-13H2,1-2H3,(H2,33,35)/t14?,15-,16?,17?/m0/s1. The maximum absolute atomic E-state index is 16.6. The molecule has 0 radical (unpaired) electrons. The van der Waals surface area contributed by atoms with E-state index in [1.54, 1.807) is 6.07 Å². The number of nitrogens with zero attached hydrogens (tertiary/aromatic N) is 5. The van der Waals surface area contributed by atoms with E-state index in [9.17, 15) is 4.39 Å². The summed E-state index contributed by atoms with van der Waals surface area (Å²) in [5.74, 6) is -0.482. The number of fused-ring (bicyclic) bond motifs is 4. The second-order valence-corrected chi connectivity index (χ2v) is 13.0. The fraction of sp³-hybridized carbons (Fsp3) is 0.483. The van der Waals surface area contributed by atoms with Gasteiger partial charge in [0.25, 0.3) is 0 Å². The third-order valence-corrected chi connectivity index (χ3v) is 9.82. The lowest BCUT2D eigenvalue weighted by molar-refractivity contribution is 0.133. The average Bonchev–Trinajstić information content (AvgIpc) is 3.63. The first-order valence-electron chi connectivity index (χ1n) is 14.2. The van der Waals surface area contributed by atoms with Gasteiger partial charge >= 0.3 is 6.01 Å². The van der Waals surface area contributed by atoms with Crippen molar-refractivity contribution >= 4 is 55.0 Å². The van der Waals surface area contributed by atoms with Crippen LogP contribution < -0.4 is 20.7 Å². The van der Waals surface area contributed by atoms with E-state index in [0.717, 1.165) is 50.4 Å². The molecule has 0 amide bonds. The number of nitrogens with one attached hydrogen (secondary N) is 1. The molecule has 4 aromatic rings. The third kappa shape index (κ3) is 4.86. The van der Waals surface area contributed by atoms with Gasteiger partial charge in [0.1, 0.15) is 23.3 Å². The zero-order chi connectivity index (χ0) is 28.4. The Labute approximate surface area is 245 Å². The topological polar surface area (TPSA) is 92.4 Å². The van der Waals surface area contributed by atoms with E-state index in [4.69, 9.17) is 27.1 Å². The van der Waals surface area contributed by atoms with Gasteiger partial charge in [-0.15, -0.1) is 0 Å².